The Morgan fingerprint density at radius 3 is 2.56 bits per heavy atom. The minimum absolute atomic E-state index is 0. The summed E-state index contributed by atoms with van der Waals surface area (Å²) in [5.41, 5.74) is 0. The van der Waals surface area contributed by atoms with Gasteiger partial charge in [0.15, 0.2) is 0 Å². The summed E-state index contributed by atoms with van der Waals surface area (Å²) in [6, 6.07) is 0. The smallest absolute Gasteiger partial charge is 0.550 e. The van der Waals surface area contributed by atoms with Crippen LogP contribution < -0.4 is 24.0 Å². The standard InChI is InChI=1S/C10H19NO4.Li/c1-3-14-9(2)11-15-8-6-4-5-7-10(12)13;/h3-8H2,1-2H3,(H,12,13);/q;+1/p-1/b11-9-;. The first-order valence-corrected chi connectivity index (χ1v) is 5.16. The molecule has 0 N–H and O–H groups in total. The van der Waals surface area contributed by atoms with Crippen LogP contribution in [0.1, 0.15) is 39.5 Å². The molecular weight excluding hydrogens is 205 g/mol. The van der Waals surface area contributed by atoms with Gasteiger partial charge in [0, 0.05) is 12.9 Å². The summed E-state index contributed by atoms with van der Waals surface area (Å²) < 4.78 is 5.04. The number of hydrogen-bond acceptors (Lipinski definition) is 5. The molecule has 0 heterocycles. The summed E-state index contributed by atoms with van der Waals surface area (Å²) in [6.45, 7) is 4.65. The van der Waals surface area contributed by atoms with E-state index < -0.39 is 5.97 Å². The van der Waals surface area contributed by atoms with Crippen LogP contribution in [0.2, 0.25) is 0 Å². The van der Waals surface area contributed by atoms with Gasteiger partial charge >= 0.3 is 18.9 Å². The zero-order valence-electron chi connectivity index (χ0n) is 10.3. The number of carbonyl (C=O) groups is 1. The maximum absolute atomic E-state index is 10.1. The monoisotopic (exact) mass is 223 g/mol. The van der Waals surface area contributed by atoms with Gasteiger partial charge in [-0.05, 0) is 32.6 Å². The van der Waals surface area contributed by atoms with E-state index in [0.717, 1.165) is 12.8 Å². The molecule has 0 aliphatic heterocycles. The van der Waals surface area contributed by atoms with Gasteiger partial charge in [-0.3, -0.25) is 0 Å². The molecule has 88 valence electrons. The third-order valence-corrected chi connectivity index (χ3v) is 1.66. The maximum atomic E-state index is 10.1. The summed E-state index contributed by atoms with van der Waals surface area (Å²) in [5, 5.41) is 13.8. The Morgan fingerprint density at radius 1 is 1.31 bits per heavy atom. The van der Waals surface area contributed by atoms with Crippen LogP contribution in [0.15, 0.2) is 5.16 Å². The van der Waals surface area contributed by atoms with Crippen LogP contribution in [0.5, 0.6) is 0 Å². The van der Waals surface area contributed by atoms with Crippen molar-refractivity contribution < 1.29 is 38.3 Å². The fourth-order valence-corrected chi connectivity index (χ4v) is 0.985. The van der Waals surface area contributed by atoms with Crippen molar-refractivity contribution in [3.63, 3.8) is 0 Å². The van der Waals surface area contributed by atoms with Crippen molar-refractivity contribution >= 4 is 11.9 Å². The molecule has 0 amide bonds. The first-order chi connectivity index (χ1) is 7.16. The number of rotatable bonds is 8. The molecule has 0 saturated carbocycles. The molecule has 0 spiro atoms. The van der Waals surface area contributed by atoms with Crippen LogP contribution in [-0.2, 0) is 14.4 Å². The second kappa shape index (κ2) is 12.4. The van der Waals surface area contributed by atoms with Gasteiger partial charge in [0.05, 0.1) is 6.61 Å². The SMILES string of the molecule is CCO/C(C)=N\OCCCCCC(=O)[O-].[Li+]. The molecule has 5 nitrogen and oxygen atoms in total. The van der Waals surface area contributed by atoms with Gasteiger partial charge in [-0.15, -0.1) is 0 Å². The molecule has 0 aliphatic rings. The molecule has 0 rings (SSSR count). The zero-order valence-corrected chi connectivity index (χ0v) is 10.3. The van der Waals surface area contributed by atoms with Crippen molar-refractivity contribution in [1.29, 1.82) is 0 Å². The number of nitrogens with zero attached hydrogens (tertiary/aromatic N) is 1. The van der Waals surface area contributed by atoms with E-state index in [2.05, 4.69) is 5.16 Å². The van der Waals surface area contributed by atoms with E-state index in [9.17, 15) is 9.90 Å². The number of carbonyl (C=O) groups excluding carboxylic acids is 1. The van der Waals surface area contributed by atoms with Gasteiger partial charge in [-0.1, -0.05) is 5.16 Å². The Kier molecular flexibility index (Phi) is 13.7. The van der Waals surface area contributed by atoms with E-state index in [1.807, 2.05) is 6.92 Å². The van der Waals surface area contributed by atoms with E-state index in [-0.39, 0.29) is 25.3 Å². The first-order valence-electron chi connectivity index (χ1n) is 5.16. The summed E-state index contributed by atoms with van der Waals surface area (Å²) in [7, 11) is 0. The molecule has 0 unspecified atom stereocenters. The van der Waals surface area contributed by atoms with Gasteiger partial charge in [0.2, 0.25) is 5.90 Å². The van der Waals surface area contributed by atoms with E-state index >= 15 is 0 Å². The number of unbranched alkanes of at least 4 members (excludes halogenated alkanes) is 2. The van der Waals surface area contributed by atoms with Gasteiger partial charge in [0.1, 0.15) is 6.61 Å². The largest absolute Gasteiger partial charge is 1.00 e. The molecule has 0 fully saturated rings. The summed E-state index contributed by atoms with van der Waals surface area (Å²) in [6.07, 6.45) is 2.33. The Balaban J connectivity index is 0. The van der Waals surface area contributed by atoms with Gasteiger partial charge in [-0.2, -0.15) is 0 Å². The number of carboxylic acid groups (broad SMARTS) is 1. The summed E-state index contributed by atoms with van der Waals surface area (Å²) in [5.74, 6) is -0.492. The second-order valence-corrected chi connectivity index (χ2v) is 3.06. The number of oxime groups is 1. The third kappa shape index (κ3) is 13.3. The van der Waals surface area contributed by atoms with Gasteiger partial charge in [0.25, 0.3) is 0 Å². The fourth-order valence-electron chi connectivity index (χ4n) is 0.985. The molecule has 0 bridgehead atoms. The molecule has 6 heteroatoms. The van der Waals surface area contributed by atoms with Crippen LogP contribution in [0.25, 0.3) is 0 Å². The van der Waals surface area contributed by atoms with Crippen molar-refractivity contribution in [2.45, 2.75) is 39.5 Å². The van der Waals surface area contributed by atoms with E-state index in [4.69, 9.17) is 9.57 Å². The number of hydrogen-bond donors (Lipinski definition) is 0. The van der Waals surface area contributed by atoms with Crippen LogP contribution in [0.4, 0.5) is 0 Å². The Hall–Kier alpha value is -0.663. The molecule has 0 aromatic carbocycles. The van der Waals surface area contributed by atoms with Crippen molar-refractivity contribution in [1.82, 2.24) is 0 Å². The minimum atomic E-state index is -0.999. The van der Waals surface area contributed by atoms with Crippen LogP contribution in [0.3, 0.4) is 0 Å². The van der Waals surface area contributed by atoms with Crippen molar-refractivity contribution in [3.05, 3.63) is 0 Å². The van der Waals surface area contributed by atoms with Crippen LogP contribution >= 0.6 is 0 Å². The fraction of sp³-hybridized carbons (Fsp3) is 0.800. The molecule has 0 atom stereocenters. The van der Waals surface area contributed by atoms with E-state index in [1.165, 1.54) is 0 Å². The zero-order chi connectivity index (χ0) is 11.5. The predicted octanol–water partition coefficient (Wildman–Crippen LogP) is -2.31. The van der Waals surface area contributed by atoms with Crippen molar-refractivity contribution in [2.75, 3.05) is 13.2 Å². The van der Waals surface area contributed by atoms with Gasteiger partial charge in [-0.25, -0.2) is 0 Å². The van der Waals surface area contributed by atoms with E-state index in [0.29, 0.717) is 25.5 Å². The molecule has 0 aliphatic carbocycles. The second-order valence-electron chi connectivity index (χ2n) is 3.06. The number of carboxylic acids is 1. The molecule has 0 radical (unpaired) electrons. The van der Waals surface area contributed by atoms with Crippen LogP contribution in [-0.4, -0.2) is 25.1 Å². The molecule has 0 aromatic heterocycles. The minimum Gasteiger partial charge on any atom is -0.550 e. The molecular formula is C10H18LiNO4. The predicted molar refractivity (Wildman–Crippen MR) is 54.2 cm³/mol. The Morgan fingerprint density at radius 2 is 2.00 bits per heavy atom. The summed E-state index contributed by atoms with van der Waals surface area (Å²) in [4.78, 5) is 15.0. The number of ether oxygens (including phenoxy) is 1. The maximum Gasteiger partial charge on any atom is 1.00 e. The number of aliphatic carboxylic acids is 1. The average Bonchev–Trinajstić information content (AvgIpc) is 2.16. The quantitative estimate of drug-likeness (QED) is 0.152. The van der Waals surface area contributed by atoms with Gasteiger partial charge < -0.3 is 19.5 Å². The third-order valence-electron chi connectivity index (χ3n) is 1.66. The Bertz CT molecular complexity index is 209. The Labute approximate surface area is 108 Å². The molecule has 16 heavy (non-hydrogen) atoms. The van der Waals surface area contributed by atoms with Crippen molar-refractivity contribution in [2.24, 2.45) is 5.16 Å². The first kappa shape index (κ1) is 17.7. The van der Waals surface area contributed by atoms with Crippen LogP contribution in [0, 0.1) is 0 Å². The normalized spacial score (nSPS) is 10.5. The average molecular weight is 223 g/mol. The molecule has 0 aromatic rings. The topological polar surface area (TPSA) is 71.0 Å². The molecule has 0 saturated heterocycles. The van der Waals surface area contributed by atoms with Crippen molar-refractivity contribution in [3.8, 4) is 0 Å². The summed E-state index contributed by atoms with van der Waals surface area (Å²) >= 11 is 0. The van der Waals surface area contributed by atoms with E-state index in [1.54, 1.807) is 6.92 Å².